The van der Waals surface area contributed by atoms with Crippen molar-refractivity contribution in [3.05, 3.63) is 0 Å². The Labute approximate surface area is 97.9 Å². The molecule has 1 unspecified atom stereocenters. The van der Waals surface area contributed by atoms with Crippen LogP contribution in [-0.4, -0.2) is 50.9 Å². The molecule has 3 rings (SSSR count). The van der Waals surface area contributed by atoms with E-state index in [2.05, 4.69) is 0 Å². The zero-order valence-electron chi connectivity index (χ0n) is 10.0. The molecule has 0 aromatic heterocycles. The van der Waals surface area contributed by atoms with Crippen molar-refractivity contribution in [2.75, 3.05) is 39.6 Å². The summed E-state index contributed by atoms with van der Waals surface area (Å²) in [6, 6.07) is 0. The highest BCUT2D eigenvalue weighted by Gasteiger charge is 2.09. The fraction of sp³-hybridized carbons (Fsp3) is 1.00. The second kappa shape index (κ2) is 10.0. The highest BCUT2D eigenvalue weighted by Crippen LogP contribution is 2.00. The summed E-state index contributed by atoms with van der Waals surface area (Å²) in [6.45, 7) is 5.28. The molecule has 16 heavy (non-hydrogen) atoms. The van der Waals surface area contributed by atoms with Crippen LogP contribution in [-0.2, 0) is 14.2 Å². The van der Waals surface area contributed by atoms with E-state index in [1.165, 1.54) is 25.7 Å². The lowest BCUT2D eigenvalue weighted by molar-refractivity contribution is 0.127. The third kappa shape index (κ3) is 8.05. The van der Waals surface area contributed by atoms with Crippen LogP contribution < -0.4 is 0 Å². The van der Waals surface area contributed by atoms with Gasteiger partial charge in [-0.05, 0) is 32.1 Å². The van der Waals surface area contributed by atoms with Crippen molar-refractivity contribution in [1.82, 2.24) is 0 Å². The Kier molecular flexibility index (Phi) is 8.71. The molecule has 1 atom stereocenters. The quantitative estimate of drug-likeness (QED) is 0.685. The average Bonchev–Trinajstić information content (AvgIpc) is 3.07. The number of hydrogen-bond acceptors (Lipinski definition) is 4. The van der Waals surface area contributed by atoms with Gasteiger partial charge in [-0.15, -0.1) is 0 Å². The summed E-state index contributed by atoms with van der Waals surface area (Å²) in [7, 11) is 0. The molecule has 96 valence electrons. The Morgan fingerprint density at radius 3 is 1.31 bits per heavy atom. The smallest absolute Gasteiger partial charge is 0.0795 e. The lowest BCUT2D eigenvalue weighted by Gasteiger charge is -1.89. The molecule has 3 aliphatic rings. The zero-order chi connectivity index (χ0) is 11.5. The minimum atomic E-state index is -0.176. The van der Waals surface area contributed by atoms with Gasteiger partial charge in [-0.25, -0.2) is 0 Å². The predicted molar refractivity (Wildman–Crippen MR) is 61.5 cm³/mol. The molecule has 3 saturated heterocycles. The van der Waals surface area contributed by atoms with Gasteiger partial charge in [-0.2, -0.15) is 0 Å². The predicted octanol–water partition coefficient (Wildman–Crippen LogP) is 1.36. The van der Waals surface area contributed by atoms with Gasteiger partial charge in [0.2, 0.25) is 0 Å². The van der Waals surface area contributed by atoms with Gasteiger partial charge in [0.1, 0.15) is 0 Å². The van der Waals surface area contributed by atoms with E-state index in [9.17, 15) is 0 Å². The molecule has 0 saturated carbocycles. The normalized spacial score (nSPS) is 27.9. The molecule has 3 fully saturated rings. The second-order valence-corrected chi connectivity index (χ2v) is 4.16. The zero-order valence-corrected chi connectivity index (χ0v) is 10.0. The van der Waals surface area contributed by atoms with Crippen LogP contribution in [0.5, 0.6) is 0 Å². The number of ether oxygens (including phenoxy) is 3. The van der Waals surface area contributed by atoms with Gasteiger partial charge in [0.15, 0.2) is 0 Å². The van der Waals surface area contributed by atoms with Crippen LogP contribution in [0.1, 0.15) is 32.1 Å². The molecular formula is C12H24O4. The fourth-order valence-corrected chi connectivity index (χ4v) is 1.54. The molecule has 4 nitrogen and oxygen atoms in total. The second-order valence-electron chi connectivity index (χ2n) is 4.16. The van der Waals surface area contributed by atoms with E-state index < -0.39 is 0 Å². The number of hydrogen-bond donors (Lipinski definition) is 1. The highest BCUT2D eigenvalue weighted by molar-refractivity contribution is 4.58. The summed E-state index contributed by atoms with van der Waals surface area (Å²) in [6.07, 6.45) is 5.75. The van der Waals surface area contributed by atoms with Crippen LogP contribution in [0.3, 0.4) is 0 Å². The largest absolute Gasteiger partial charge is 0.391 e. The SMILES string of the molecule is C1CCOC1.C1CCOC1.OC1CCOC1. The van der Waals surface area contributed by atoms with E-state index >= 15 is 0 Å². The molecule has 3 heterocycles. The Hall–Kier alpha value is -0.160. The molecule has 4 heteroatoms. The van der Waals surface area contributed by atoms with Gasteiger partial charge in [0.25, 0.3) is 0 Å². The highest BCUT2D eigenvalue weighted by atomic mass is 16.5. The van der Waals surface area contributed by atoms with Crippen LogP contribution >= 0.6 is 0 Å². The molecule has 0 aromatic carbocycles. The topological polar surface area (TPSA) is 47.9 Å². The van der Waals surface area contributed by atoms with Crippen molar-refractivity contribution >= 4 is 0 Å². The van der Waals surface area contributed by atoms with Gasteiger partial charge in [-0.3, -0.25) is 0 Å². The van der Waals surface area contributed by atoms with Gasteiger partial charge in [0.05, 0.1) is 12.7 Å². The maximum atomic E-state index is 8.60. The van der Waals surface area contributed by atoms with E-state index in [0.717, 1.165) is 39.5 Å². The lowest BCUT2D eigenvalue weighted by Crippen LogP contribution is -2.02. The standard InChI is InChI=1S/C4H8O2.2C4H8O/c5-4-1-2-6-3-4;2*1-2-4-5-3-1/h4-5H,1-3H2;2*1-4H2. The number of rotatable bonds is 0. The Morgan fingerprint density at radius 1 is 0.688 bits per heavy atom. The van der Waals surface area contributed by atoms with E-state index in [1.807, 2.05) is 0 Å². The first-order valence-corrected chi connectivity index (χ1v) is 6.31. The van der Waals surface area contributed by atoms with E-state index in [1.54, 1.807) is 0 Å². The summed E-state index contributed by atoms with van der Waals surface area (Å²) in [4.78, 5) is 0. The van der Waals surface area contributed by atoms with Crippen LogP contribution in [0.2, 0.25) is 0 Å². The lowest BCUT2D eigenvalue weighted by atomic mass is 10.3. The van der Waals surface area contributed by atoms with Crippen molar-refractivity contribution in [3.8, 4) is 0 Å². The Balaban J connectivity index is 0.000000121. The molecule has 0 aliphatic carbocycles. The van der Waals surface area contributed by atoms with Gasteiger partial charge >= 0.3 is 0 Å². The van der Waals surface area contributed by atoms with Crippen LogP contribution in [0.4, 0.5) is 0 Å². The summed E-state index contributed by atoms with van der Waals surface area (Å²) in [5.74, 6) is 0. The minimum absolute atomic E-state index is 0.176. The van der Waals surface area contributed by atoms with Crippen LogP contribution in [0, 0.1) is 0 Å². The van der Waals surface area contributed by atoms with Crippen molar-refractivity contribution in [2.24, 2.45) is 0 Å². The summed E-state index contributed by atoms with van der Waals surface area (Å²) in [5, 5.41) is 8.60. The third-order valence-corrected chi connectivity index (χ3v) is 2.56. The molecular weight excluding hydrogens is 208 g/mol. The number of aliphatic hydroxyl groups is 1. The summed E-state index contributed by atoms with van der Waals surface area (Å²) >= 11 is 0. The third-order valence-electron chi connectivity index (χ3n) is 2.56. The van der Waals surface area contributed by atoms with Gasteiger partial charge < -0.3 is 19.3 Å². The van der Waals surface area contributed by atoms with E-state index in [-0.39, 0.29) is 6.10 Å². The van der Waals surface area contributed by atoms with Gasteiger partial charge in [0, 0.05) is 33.0 Å². The molecule has 0 bridgehead atoms. The minimum Gasteiger partial charge on any atom is -0.391 e. The molecule has 0 radical (unpaired) electrons. The average molecular weight is 232 g/mol. The van der Waals surface area contributed by atoms with Gasteiger partial charge in [-0.1, -0.05) is 0 Å². The fourth-order valence-electron chi connectivity index (χ4n) is 1.54. The summed E-state index contributed by atoms with van der Waals surface area (Å²) < 4.78 is 14.7. The maximum absolute atomic E-state index is 8.60. The molecule has 0 aromatic rings. The first kappa shape index (κ1) is 13.9. The maximum Gasteiger partial charge on any atom is 0.0795 e. The van der Waals surface area contributed by atoms with Crippen molar-refractivity contribution in [2.45, 2.75) is 38.2 Å². The Morgan fingerprint density at radius 2 is 1.19 bits per heavy atom. The molecule has 1 N–H and O–H groups in total. The Bertz CT molecular complexity index is 113. The first-order chi connectivity index (χ1) is 7.89. The molecule has 3 aliphatic heterocycles. The van der Waals surface area contributed by atoms with Crippen molar-refractivity contribution in [1.29, 1.82) is 0 Å². The molecule has 0 amide bonds. The van der Waals surface area contributed by atoms with E-state index in [0.29, 0.717) is 6.61 Å². The van der Waals surface area contributed by atoms with Crippen LogP contribution in [0.25, 0.3) is 0 Å². The van der Waals surface area contributed by atoms with E-state index in [4.69, 9.17) is 19.3 Å². The molecule has 0 spiro atoms. The first-order valence-electron chi connectivity index (χ1n) is 6.31. The number of aliphatic hydroxyl groups excluding tert-OH is 1. The summed E-state index contributed by atoms with van der Waals surface area (Å²) in [5.41, 5.74) is 0. The van der Waals surface area contributed by atoms with Crippen molar-refractivity contribution < 1.29 is 19.3 Å². The van der Waals surface area contributed by atoms with Crippen molar-refractivity contribution in [3.63, 3.8) is 0 Å². The van der Waals surface area contributed by atoms with Crippen LogP contribution in [0.15, 0.2) is 0 Å². The monoisotopic (exact) mass is 232 g/mol.